The van der Waals surface area contributed by atoms with Gasteiger partial charge in [-0.15, -0.1) is 0 Å². The van der Waals surface area contributed by atoms with E-state index in [0.29, 0.717) is 34.5 Å². The first kappa shape index (κ1) is 16.4. The molecule has 2 aliphatic carbocycles. The van der Waals surface area contributed by atoms with Gasteiger partial charge in [0.05, 0.1) is 11.0 Å². The summed E-state index contributed by atoms with van der Waals surface area (Å²) < 4.78 is 13.9. The third kappa shape index (κ3) is 2.72. The van der Waals surface area contributed by atoms with Crippen LogP contribution in [-0.4, -0.2) is 21.5 Å². The largest absolute Gasteiger partial charge is 0.332 e. The van der Waals surface area contributed by atoms with Crippen LogP contribution >= 0.6 is 11.8 Å². The summed E-state index contributed by atoms with van der Waals surface area (Å²) in [7, 11) is 0. The summed E-state index contributed by atoms with van der Waals surface area (Å²) in [6.07, 6.45) is 8.02. The van der Waals surface area contributed by atoms with Gasteiger partial charge in [0.15, 0.2) is 16.7 Å². The number of allylic oxidation sites excluding steroid dienone is 3. The molecular weight excluding hydrogens is 363 g/mol. The minimum atomic E-state index is -0.369. The fraction of sp³-hybridized carbons (Fsp3) is 0.190. The number of H-pyrrole nitrogens is 1. The van der Waals surface area contributed by atoms with E-state index in [-0.39, 0.29) is 17.4 Å². The Balaban J connectivity index is 1.75. The highest BCUT2D eigenvalue weighted by atomic mass is 32.2. The number of imidazole rings is 1. The van der Waals surface area contributed by atoms with E-state index in [1.165, 1.54) is 23.9 Å². The first-order valence-electron chi connectivity index (χ1n) is 8.86. The molecule has 5 rings (SSSR count). The third-order valence-electron chi connectivity index (χ3n) is 4.99. The summed E-state index contributed by atoms with van der Waals surface area (Å²) in [5.41, 5.74) is 2.76. The van der Waals surface area contributed by atoms with E-state index >= 15 is 0 Å². The van der Waals surface area contributed by atoms with E-state index in [1.807, 2.05) is 12.2 Å². The van der Waals surface area contributed by atoms with Crippen LogP contribution in [0, 0.1) is 5.82 Å². The Kier molecular flexibility index (Phi) is 3.75. The highest BCUT2D eigenvalue weighted by molar-refractivity contribution is 8.03. The van der Waals surface area contributed by atoms with Crippen molar-refractivity contribution in [2.75, 3.05) is 0 Å². The normalized spacial score (nSPS) is 16.9. The smallest absolute Gasteiger partial charge is 0.170 e. The average Bonchev–Trinajstić information content (AvgIpc) is 3.05. The molecule has 0 aliphatic heterocycles. The van der Waals surface area contributed by atoms with Gasteiger partial charge in [0.2, 0.25) is 0 Å². The summed E-state index contributed by atoms with van der Waals surface area (Å²) in [6.45, 7) is 0. The van der Waals surface area contributed by atoms with Crippen molar-refractivity contribution in [2.45, 2.75) is 30.8 Å². The minimum absolute atomic E-state index is 0.0252. The molecule has 0 bridgehead atoms. The van der Waals surface area contributed by atoms with Crippen molar-refractivity contribution < 1.29 is 14.0 Å². The van der Waals surface area contributed by atoms with Crippen LogP contribution in [0.5, 0.6) is 0 Å². The summed E-state index contributed by atoms with van der Waals surface area (Å²) in [5, 5.41) is 2.07. The van der Waals surface area contributed by atoms with Crippen molar-refractivity contribution in [3.8, 4) is 0 Å². The van der Waals surface area contributed by atoms with Crippen LogP contribution < -0.4 is 0 Å². The second-order valence-corrected chi connectivity index (χ2v) is 7.92. The van der Waals surface area contributed by atoms with Crippen LogP contribution in [0.3, 0.4) is 0 Å². The zero-order valence-corrected chi connectivity index (χ0v) is 15.2. The molecule has 0 radical (unpaired) electrons. The number of Topliss-reactive ketones (excluding diaryl/α,β-unsaturated/α-hetero) is 1. The van der Waals surface area contributed by atoms with Crippen LogP contribution in [0.15, 0.2) is 40.4 Å². The summed E-state index contributed by atoms with van der Waals surface area (Å²) in [6, 6.07) is 4.50. The van der Waals surface area contributed by atoms with Crippen molar-refractivity contribution in [3.63, 3.8) is 0 Å². The van der Waals surface area contributed by atoms with Crippen molar-refractivity contribution in [1.82, 2.24) is 9.97 Å². The fourth-order valence-corrected chi connectivity index (χ4v) is 4.78. The molecular formula is C21H15FN2O2S. The van der Waals surface area contributed by atoms with E-state index in [4.69, 9.17) is 4.98 Å². The molecule has 0 fully saturated rings. The number of nitrogens with zero attached hydrogens (tertiary/aromatic N) is 1. The predicted octanol–water partition coefficient (Wildman–Crippen LogP) is 5.18. The summed E-state index contributed by atoms with van der Waals surface area (Å²) in [5.74, 6) is -0.249. The Bertz CT molecular complexity index is 1210. The van der Waals surface area contributed by atoms with Gasteiger partial charge in [-0.2, -0.15) is 0 Å². The quantitative estimate of drug-likeness (QED) is 0.667. The molecule has 1 heterocycles. The molecule has 1 aromatic heterocycles. The predicted molar refractivity (Wildman–Crippen MR) is 104 cm³/mol. The number of rotatable bonds is 2. The van der Waals surface area contributed by atoms with Gasteiger partial charge in [-0.25, -0.2) is 9.37 Å². The summed E-state index contributed by atoms with van der Waals surface area (Å²) in [4.78, 5) is 33.2. The molecule has 0 saturated heterocycles. The van der Waals surface area contributed by atoms with Crippen LogP contribution in [0.25, 0.3) is 27.9 Å². The Labute approximate surface area is 158 Å². The lowest BCUT2D eigenvalue weighted by Gasteiger charge is -2.14. The van der Waals surface area contributed by atoms with E-state index in [1.54, 1.807) is 12.1 Å². The van der Waals surface area contributed by atoms with Gasteiger partial charge in [-0.1, -0.05) is 23.9 Å². The van der Waals surface area contributed by atoms with E-state index < -0.39 is 0 Å². The number of hydrogen-bond acceptors (Lipinski definition) is 4. The molecule has 0 saturated carbocycles. The van der Waals surface area contributed by atoms with Crippen LogP contribution in [0.2, 0.25) is 0 Å². The number of ketones is 2. The van der Waals surface area contributed by atoms with Crippen molar-refractivity contribution in [3.05, 3.63) is 52.2 Å². The second kappa shape index (κ2) is 6.16. The number of carbonyl (C=O) groups is 2. The maximum atomic E-state index is 13.9. The van der Waals surface area contributed by atoms with Gasteiger partial charge in [0.1, 0.15) is 5.82 Å². The number of aromatic nitrogens is 2. The van der Waals surface area contributed by atoms with E-state index in [0.717, 1.165) is 34.2 Å². The Morgan fingerprint density at radius 2 is 2.04 bits per heavy atom. The monoisotopic (exact) mass is 378 g/mol. The SMILES string of the molecule is O=C1C=C(Sc2nc3c4c(c5cc(F)ccc5c3[nH]2)C(=O)CC=C4)CCC1. The Morgan fingerprint density at radius 1 is 1.15 bits per heavy atom. The number of halogens is 1. The molecule has 2 aliphatic rings. The fourth-order valence-electron chi connectivity index (χ4n) is 3.81. The molecule has 0 atom stereocenters. The zero-order valence-electron chi connectivity index (χ0n) is 14.3. The molecule has 134 valence electrons. The topological polar surface area (TPSA) is 62.8 Å². The van der Waals surface area contributed by atoms with Crippen molar-refractivity contribution in [2.24, 2.45) is 0 Å². The maximum absolute atomic E-state index is 13.9. The van der Waals surface area contributed by atoms with Gasteiger partial charge >= 0.3 is 0 Å². The maximum Gasteiger partial charge on any atom is 0.170 e. The zero-order chi connectivity index (χ0) is 18.5. The number of benzene rings is 2. The van der Waals surface area contributed by atoms with Gasteiger partial charge in [0, 0.05) is 29.4 Å². The van der Waals surface area contributed by atoms with Gasteiger partial charge in [-0.3, -0.25) is 9.59 Å². The minimum Gasteiger partial charge on any atom is -0.332 e. The van der Waals surface area contributed by atoms with Gasteiger partial charge in [0.25, 0.3) is 0 Å². The lowest BCUT2D eigenvalue weighted by atomic mass is 9.89. The average molecular weight is 378 g/mol. The highest BCUT2D eigenvalue weighted by Gasteiger charge is 2.23. The lowest BCUT2D eigenvalue weighted by molar-refractivity contribution is -0.115. The number of aromatic amines is 1. The molecule has 6 heteroatoms. The molecule has 0 unspecified atom stereocenters. The second-order valence-electron chi connectivity index (χ2n) is 6.81. The van der Waals surface area contributed by atoms with Crippen LogP contribution in [0.1, 0.15) is 41.6 Å². The molecule has 3 aromatic rings. The van der Waals surface area contributed by atoms with Crippen molar-refractivity contribution in [1.29, 1.82) is 0 Å². The first-order chi connectivity index (χ1) is 13.1. The molecule has 0 amide bonds. The molecule has 27 heavy (non-hydrogen) atoms. The number of nitrogens with one attached hydrogen (secondary N) is 1. The van der Waals surface area contributed by atoms with E-state index in [9.17, 15) is 14.0 Å². The number of carbonyl (C=O) groups excluding carboxylic acids is 2. The number of fused-ring (bicyclic) bond motifs is 6. The van der Waals surface area contributed by atoms with E-state index in [2.05, 4.69) is 4.98 Å². The highest BCUT2D eigenvalue weighted by Crippen LogP contribution is 2.38. The van der Waals surface area contributed by atoms with Gasteiger partial charge in [-0.05, 0) is 47.4 Å². The van der Waals surface area contributed by atoms with Crippen LogP contribution in [0.4, 0.5) is 4.39 Å². The Hall–Kier alpha value is -2.73. The summed E-state index contributed by atoms with van der Waals surface area (Å²) >= 11 is 1.45. The molecule has 1 N–H and O–H groups in total. The Morgan fingerprint density at radius 3 is 2.89 bits per heavy atom. The number of thioether (sulfide) groups is 1. The molecule has 2 aromatic carbocycles. The standard InChI is InChI=1S/C21H15FN2O2S/c22-11-7-8-14-16(9-11)18-15(5-2-6-17(18)26)20-19(14)23-21(24-20)27-13-4-1-3-12(25)10-13/h2,5,7-10H,1,3-4,6H2,(H,23,24). The molecule has 0 spiro atoms. The van der Waals surface area contributed by atoms with Gasteiger partial charge < -0.3 is 4.98 Å². The van der Waals surface area contributed by atoms with Crippen molar-refractivity contribution >= 4 is 51.2 Å². The third-order valence-corrected chi connectivity index (χ3v) is 5.96. The number of hydrogen-bond donors (Lipinski definition) is 1. The van der Waals surface area contributed by atoms with Crippen LogP contribution in [-0.2, 0) is 4.79 Å². The lowest BCUT2D eigenvalue weighted by Crippen LogP contribution is -2.06. The first-order valence-corrected chi connectivity index (χ1v) is 9.68. The molecule has 4 nitrogen and oxygen atoms in total.